The maximum Gasteiger partial charge on any atom is 0.0568 e. The van der Waals surface area contributed by atoms with Crippen LogP contribution in [0.15, 0.2) is 23.8 Å². The van der Waals surface area contributed by atoms with Crippen molar-refractivity contribution in [3.05, 3.63) is 28.7 Å². The highest BCUT2D eigenvalue weighted by atomic mass is 32.1. The van der Waals surface area contributed by atoms with Gasteiger partial charge in [0.2, 0.25) is 0 Å². The number of hydrogen-bond acceptors (Lipinski definition) is 3. The number of nitrogens with zero attached hydrogens (tertiary/aromatic N) is 2. The van der Waals surface area contributed by atoms with Gasteiger partial charge in [0.05, 0.1) is 6.20 Å². The highest BCUT2D eigenvalue weighted by Gasteiger charge is 2.03. The Morgan fingerprint density at radius 3 is 3.00 bits per heavy atom. The van der Waals surface area contributed by atoms with E-state index in [1.165, 1.54) is 16.0 Å². The number of aromatic nitrogens is 2. The summed E-state index contributed by atoms with van der Waals surface area (Å²) in [7, 11) is 3.90. The lowest BCUT2D eigenvalue weighted by Gasteiger charge is -1.91. The fourth-order valence-corrected chi connectivity index (χ4v) is 2.27. The molecule has 0 aliphatic rings. The highest BCUT2D eigenvalue weighted by molar-refractivity contribution is 7.10. The van der Waals surface area contributed by atoms with Crippen molar-refractivity contribution in [3.63, 3.8) is 0 Å². The van der Waals surface area contributed by atoms with Gasteiger partial charge in [0.1, 0.15) is 0 Å². The summed E-state index contributed by atoms with van der Waals surface area (Å²) in [6, 6.07) is 2.21. The van der Waals surface area contributed by atoms with Gasteiger partial charge in [-0.2, -0.15) is 5.10 Å². The van der Waals surface area contributed by atoms with E-state index in [-0.39, 0.29) is 0 Å². The van der Waals surface area contributed by atoms with Crippen LogP contribution in [0.5, 0.6) is 0 Å². The van der Waals surface area contributed by atoms with Crippen molar-refractivity contribution in [1.29, 1.82) is 0 Å². The van der Waals surface area contributed by atoms with Crippen molar-refractivity contribution in [1.82, 2.24) is 15.1 Å². The van der Waals surface area contributed by atoms with Crippen molar-refractivity contribution in [3.8, 4) is 11.1 Å². The second kappa shape index (κ2) is 3.94. The molecular formula is C10H13N3S. The molecule has 0 aliphatic heterocycles. The molecule has 14 heavy (non-hydrogen) atoms. The maximum absolute atomic E-state index is 4.15. The zero-order chi connectivity index (χ0) is 9.97. The Kier molecular flexibility index (Phi) is 2.65. The van der Waals surface area contributed by atoms with Crippen LogP contribution in [-0.4, -0.2) is 16.8 Å². The Balaban J connectivity index is 2.24. The highest BCUT2D eigenvalue weighted by Crippen LogP contribution is 2.24. The minimum absolute atomic E-state index is 0.935. The average Bonchev–Trinajstić information content (AvgIpc) is 2.74. The van der Waals surface area contributed by atoms with Gasteiger partial charge >= 0.3 is 0 Å². The van der Waals surface area contributed by atoms with Crippen LogP contribution in [0.3, 0.4) is 0 Å². The van der Waals surface area contributed by atoms with Crippen molar-refractivity contribution in [2.75, 3.05) is 7.05 Å². The summed E-state index contributed by atoms with van der Waals surface area (Å²) in [5.41, 5.74) is 2.44. The zero-order valence-corrected chi connectivity index (χ0v) is 9.14. The third kappa shape index (κ3) is 1.86. The molecule has 0 bridgehead atoms. The van der Waals surface area contributed by atoms with E-state index in [2.05, 4.69) is 21.9 Å². The summed E-state index contributed by atoms with van der Waals surface area (Å²) in [6.45, 7) is 0.935. The zero-order valence-electron chi connectivity index (χ0n) is 8.32. The molecule has 0 amide bonds. The summed E-state index contributed by atoms with van der Waals surface area (Å²) < 4.78 is 1.82. The second-order valence-corrected chi connectivity index (χ2v) is 4.23. The molecule has 0 unspecified atom stereocenters. The third-order valence-corrected chi connectivity index (χ3v) is 2.98. The molecule has 0 radical (unpaired) electrons. The van der Waals surface area contributed by atoms with Crippen LogP contribution in [0, 0.1) is 0 Å². The smallest absolute Gasteiger partial charge is 0.0568 e. The van der Waals surface area contributed by atoms with Crippen LogP contribution in [0.2, 0.25) is 0 Å². The van der Waals surface area contributed by atoms with Crippen LogP contribution in [0.1, 0.15) is 4.88 Å². The number of aryl methyl sites for hydroxylation is 1. The van der Waals surface area contributed by atoms with Gasteiger partial charge in [0.15, 0.2) is 0 Å². The fraction of sp³-hybridized carbons (Fsp3) is 0.300. The average molecular weight is 207 g/mol. The largest absolute Gasteiger partial charge is 0.315 e. The monoisotopic (exact) mass is 207 g/mol. The van der Waals surface area contributed by atoms with E-state index in [0.29, 0.717) is 0 Å². The molecular weight excluding hydrogens is 194 g/mol. The van der Waals surface area contributed by atoms with E-state index in [9.17, 15) is 0 Å². The summed E-state index contributed by atoms with van der Waals surface area (Å²) in [5, 5.41) is 9.47. The summed E-state index contributed by atoms with van der Waals surface area (Å²) >= 11 is 1.78. The first-order valence-corrected chi connectivity index (χ1v) is 5.38. The molecule has 0 aliphatic carbocycles. The summed E-state index contributed by atoms with van der Waals surface area (Å²) in [6.07, 6.45) is 3.93. The number of rotatable bonds is 3. The Bertz CT molecular complexity index is 416. The van der Waals surface area contributed by atoms with Crippen molar-refractivity contribution in [2.45, 2.75) is 6.54 Å². The molecule has 2 aromatic heterocycles. The second-order valence-electron chi connectivity index (χ2n) is 3.23. The number of hydrogen-bond donors (Lipinski definition) is 1. The summed E-state index contributed by atoms with van der Waals surface area (Å²) in [5.74, 6) is 0. The first-order chi connectivity index (χ1) is 6.79. The van der Waals surface area contributed by atoms with Gasteiger partial charge in [0.25, 0.3) is 0 Å². The van der Waals surface area contributed by atoms with E-state index in [4.69, 9.17) is 0 Å². The predicted octanol–water partition coefficient (Wildman–Crippen LogP) is 1.87. The standard InChI is InChI=1S/C10H13N3S/c1-11-5-10-3-8(7-14-10)9-4-12-13(2)6-9/h3-4,6-7,11H,5H2,1-2H3. The van der Waals surface area contributed by atoms with Crippen molar-refractivity contribution in [2.24, 2.45) is 7.05 Å². The van der Waals surface area contributed by atoms with Crippen LogP contribution >= 0.6 is 11.3 Å². The molecule has 0 saturated heterocycles. The quantitative estimate of drug-likeness (QED) is 0.832. The van der Waals surface area contributed by atoms with Gasteiger partial charge in [-0.05, 0) is 24.1 Å². The molecule has 2 aromatic rings. The van der Waals surface area contributed by atoms with E-state index >= 15 is 0 Å². The van der Waals surface area contributed by atoms with E-state index in [1.54, 1.807) is 11.3 Å². The minimum atomic E-state index is 0.935. The van der Waals surface area contributed by atoms with E-state index in [0.717, 1.165) is 6.54 Å². The molecule has 0 saturated carbocycles. The first kappa shape index (κ1) is 9.43. The molecule has 0 aromatic carbocycles. The lowest BCUT2D eigenvalue weighted by Crippen LogP contribution is -2.02. The summed E-state index contributed by atoms with van der Waals surface area (Å²) in [4.78, 5) is 1.35. The molecule has 1 N–H and O–H groups in total. The molecule has 2 heterocycles. The topological polar surface area (TPSA) is 29.9 Å². The van der Waals surface area contributed by atoms with Crippen molar-refractivity contribution < 1.29 is 0 Å². The Morgan fingerprint density at radius 1 is 1.50 bits per heavy atom. The fourth-order valence-electron chi connectivity index (χ4n) is 1.37. The Hall–Kier alpha value is -1.13. The van der Waals surface area contributed by atoms with Crippen molar-refractivity contribution >= 4 is 11.3 Å². The van der Waals surface area contributed by atoms with Gasteiger partial charge in [-0.1, -0.05) is 0 Å². The molecule has 3 nitrogen and oxygen atoms in total. The minimum Gasteiger partial charge on any atom is -0.315 e. The van der Waals surface area contributed by atoms with Gasteiger partial charge in [-0.25, -0.2) is 0 Å². The third-order valence-electron chi connectivity index (χ3n) is 2.04. The number of nitrogens with one attached hydrogen (secondary N) is 1. The Labute approximate surface area is 87.4 Å². The van der Waals surface area contributed by atoms with Crippen LogP contribution in [-0.2, 0) is 13.6 Å². The SMILES string of the molecule is CNCc1cc(-c2cnn(C)c2)cs1. The van der Waals surface area contributed by atoms with Gasteiger partial charge < -0.3 is 5.32 Å². The van der Waals surface area contributed by atoms with Crippen LogP contribution in [0.25, 0.3) is 11.1 Å². The van der Waals surface area contributed by atoms with Gasteiger partial charge in [0, 0.05) is 30.2 Å². The number of thiophene rings is 1. The lowest BCUT2D eigenvalue weighted by atomic mass is 10.2. The van der Waals surface area contributed by atoms with Gasteiger partial charge in [-0.15, -0.1) is 11.3 Å². The molecule has 74 valence electrons. The molecule has 2 rings (SSSR count). The van der Waals surface area contributed by atoms with Crippen LogP contribution < -0.4 is 5.32 Å². The Morgan fingerprint density at radius 2 is 2.36 bits per heavy atom. The first-order valence-electron chi connectivity index (χ1n) is 4.50. The van der Waals surface area contributed by atoms with Gasteiger partial charge in [-0.3, -0.25) is 4.68 Å². The normalized spacial score (nSPS) is 10.7. The molecule has 4 heteroatoms. The molecule has 0 spiro atoms. The van der Waals surface area contributed by atoms with Crippen LogP contribution in [0.4, 0.5) is 0 Å². The van der Waals surface area contributed by atoms with E-state index < -0.39 is 0 Å². The maximum atomic E-state index is 4.15. The molecule has 0 atom stereocenters. The lowest BCUT2D eigenvalue weighted by molar-refractivity contribution is 0.768. The molecule has 0 fully saturated rings. The van der Waals surface area contributed by atoms with E-state index in [1.807, 2.05) is 31.2 Å². The predicted molar refractivity (Wildman–Crippen MR) is 59.3 cm³/mol.